The van der Waals surface area contributed by atoms with Crippen molar-refractivity contribution < 1.29 is 22.7 Å². The third kappa shape index (κ3) is 6.27. The molecule has 0 aliphatic carbocycles. The first-order chi connectivity index (χ1) is 13.4. The molecule has 162 valence electrons. The van der Waals surface area contributed by atoms with E-state index in [1.165, 1.54) is 28.6 Å². The summed E-state index contributed by atoms with van der Waals surface area (Å²) in [6.07, 6.45) is 1.73. The van der Waals surface area contributed by atoms with Gasteiger partial charge in [-0.15, -0.1) is 0 Å². The first kappa shape index (κ1) is 23.3. The first-order valence-electron chi connectivity index (χ1n) is 10.0. The fraction of sp³-hybridized carbons (Fsp3) is 0.619. The molecule has 1 aromatic carbocycles. The lowest BCUT2D eigenvalue weighted by atomic mass is 9.94. The minimum Gasteiger partial charge on any atom is -0.452 e. The van der Waals surface area contributed by atoms with Gasteiger partial charge in [0.2, 0.25) is 10.0 Å². The molecule has 0 bridgehead atoms. The summed E-state index contributed by atoms with van der Waals surface area (Å²) in [5.74, 6) is -0.558. The summed E-state index contributed by atoms with van der Waals surface area (Å²) in [4.78, 5) is 24.3. The Kier molecular flexibility index (Phi) is 7.45. The van der Waals surface area contributed by atoms with Crippen molar-refractivity contribution in [1.29, 1.82) is 0 Å². The van der Waals surface area contributed by atoms with E-state index in [-0.39, 0.29) is 27.8 Å². The summed E-state index contributed by atoms with van der Waals surface area (Å²) in [5.41, 5.74) is -0.285. The molecule has 0 radical (unpaired) electrons. The van der Waals surface area contributed by atoms with Crippen LogP contribution in [0.5, 0.6) is 0 Å². The molecule has 8 heteroatoms. The van der Waals surface area contributed by atoms with Crippen LogP contribution in [0.15, 0.2) is 29.2 Å². The molecule has 2 unspecified atom stereocenters. The number of rotatable bonds is 7. The Morgan fingerprint density at radius 2 is 1.83 bits per heavy atom. The van der Waals surface area contributed by atoms with Crippen LogP contribution in [0.3, 0.4) is 0 Å². The number of hydrogen-bond donors (Lipinski definition) is 1. The molecular weight excluding hydrogens is 392 g/mol. The van der Waals surface area contributed by atoms with E-state index in [1.54, 1.807) is 0 Å². The van der Waals surface area contributed by atoms with E-state index in [4.69, 9.17) is 4.74 Å². The summed E-state index contributed by atoms with van der Waals surface area (Å²) in [6, 6.07) is 5.79. The van der Waals surface area contributed by atoms with Gasteiger partial charge in [0.15, 0.2) is 6.61 Å². The lowest BCUT2D eigenvalue weighted by Crippen LogP contribution is -2.44. The van der Waals surface area contributed by atoms with Gasteiger partial charge in [-0.2, -0.15) is 4.31 Å². The molecule has 2 atom stereocenters. The highest BCUT2D eigenvalue weighted by molar-refractivity contribution is 7.89. The molecule has 29 heavy (non-hydrogen) atoms. The highest BCUT2D eigenvalue weighted by atomic mass is 32.2. The van der Waals surface area contributed by atoms with E-state index in [0.29, 0.717) is 13.1 Å². The zero-order valence-corrected chi connectivity index (χ0v) is 18.7. The topological polar surface area (TPSA) is 92.8 Å². The van der Waals surface area contributed by atoms with Gasteiger partial charge in [-0.25, -0.2) is 13.2 Å². The fourth-order valence-electron chi connectivity index (χ4n) is 3.45. The maximum absolute atomic E-state index is 13.0. The molecular formula is C21H32N2O5S. The Morgan fingerprint density at radius 1 is 1.21 bits per heavy atom. The van der Waals surface area contributed by atoms with Gasteiger partial charge in [0.25, 0.3) is 5.91 Å². The van der Waals surface area contributed by atoms with Gasteiger partial charge in [0.1, 0.15) is 0 Å². The van der Waals surface area contributed by atoms with Crippen LogP contribution in [0.2, 0.25) is 0 Å². The maximum Gasteiger partial charge on any atom is 0.338 e. The van der Waals surface area contributed by atoms with Crippen LogP contribution in [0.1, 0.15) is 57.8 Å². The van der Waals surface area contributed by atoms with E-state index in [1.807, 2.05) is 34.6 Å². The van der Waals surface area contributed by atoms with Crippen LogP contribution in [0, 0.1) is 11.8 Å². The summed E-state index contributed by atoms with van der Waals surface area (Å²) in [6.45, 7) is 10.3. The molecule has 0 saturated carbocycles. The Balaban J connectivity index is 2.08. The first-order valence-corrected chi connectivity index (χ1v) is 11.5. The number of benzene rings is 1. The van der Waals surface area contributed by atoms with Gasteiger partial charge in [-0.1, -0.05) is 26.8 Å². The van der Waals surface area contributed by atoms with E-state index in [2.05, 4.69) is 5.32 Å². The molecule has 2 rings (SSSR count). The number of carbonyl (C=O) groups is 2. The van der Waals surface area contributed by atoms with Crippen molar-refractivity contribution in [3.63, 3.8) is 0 Å². The van der Waals surface area contributed by atoms with Crippen molar-refractivity contribution in [2.24, 2.45) is 11.8 Å². The molecule has 1 fully saturated rings. The Hall–Kier alpha value is -1.93. The van der Waals surface area contributed by atoms with Crippen LogP contribution in [-0.4, -0.2) is 49.8 Å². The van der Waals surface area contributed by atoms with Crippen LogP contribution in [-0.2, 0) is 19.6 Å². The summed E-state index contributed by atoms with van der Waals surface area (Å²) < 4.78 is 32.6. The smallest absolute Gasteiger partial charge is 0.338 e. The number of piperidine rings is 1. The van der Waals surface area contributed by atoms with E-state index in [9.17, 15) is 18.0 Å². The summed E-state index contributed by atoms with van der Waals surface area (Å²) in [7, 11) is -3.70. The number of carbonyl (C=O) groups excluding carboxylic acids is 2. The van der Waals surface area contributed by atoms with Crippen LogP contribution >= 0.6 is 0 Å². The van der Waals surface area contributed by atoms with Crippen LogP contribution in [0.4, 0.5) is 0 Å². The fourth-order valence-corrected chi connectivity index (χ4v) is 5.18. The number of ether oxygens (including phenoxy) is 1. The average molecular weight is 425 g/mol. The summed E-state index contributed by atoms with van der Waals surface area (Å²) in [5, 5.41) is 2.78. The predicted molar refractivity (Wildman–Crippen MR) is 111 cm³/mol. The molecule has 1 N–H and O–H groups in total. The molecule has 0 spiro atoms. The van der Waals surface area contributed by atoms with Gasteiger partial charge >= 0.3 is 5.97 Å². The van der Waals surface area contributed by atoms with Crippen molar-refractivity contribution >= 4 is 21.9 Å². The molecule has 1 amide bonds. The highest BCUT2D eigenvalue weighted by Gasteiger charge is 2.32. The molecule has 1 saturated heterocycles. The van der Waals surface area contributed by atoms with Crippen LogP contribution in [0.25, 0.3) is 0 Å². The molecule has 1 aromatic rings. The Morgan fingerprint density at radius 3 is 2.41 bits per heavy atom. The number of nitrogens with zero attached hydrogens (tertiary/aromatic N) is 1. The third-order valence-corrected chi connectivity index (χ3v) is 7.07. The zero-order valence-electron chi connectivity index (χ0n) is 17.9. The molecule has 0 aromatic heterocycles. The highest BCUT2D eigenvalue weighted by Crippen LogP contribution is 2.27. The lowest BCUT2D eigenvalue weighted by molar-refractivity contribution is -0.125. The van der Waals surface area contributed by atoms with E-state index < -0.39 is 28.5 Å². The molecule has 1 aliphatic rings. The van der Waals surface area contributed by atoms with Gasteiger partial charge in [-0.3, -0.25) is 4.79 Å². The maximum atomic E-state index is 13.0. The number of amides is 1. The minimum absolute atomic E-state index is 0.0600. The normalized spacial score (nSPS) is 20.9. The zero-order chi connectivity index (χ0) is 21.8. The Labute approximate surface area is 173 Å². The molecule has 7 nitrogen and oxygen atoms in total. The van der Waals surface area contributed by atoms with Crippen molar-refractivity contribution in [1.82, 2.24) is 9.62 Å². The predicted octanol–water partition coefficient (Wildman–Crippen LogP) is 2.81. The quantitative estimate of drug-likeness (QED) is 0.680. The van der Waals surface area contributed by atoms with Gasteiger partial charge in [0.05, 0.1) is 10.5 Å². The second-order valence-electron chi connectivity index (χ2n) is 8.66. The van der Waals surface area contributed by atoms with Crippen molar-refractivity contribution in [3.05, 3.63) is 29.8 Å². The minimum atomic E-state index is -3.70. The van der Waals surface area contributed by atoms with Gasteiger partial charge in [-0.05, 0) is 56.7 Å². The number of hydrogen-bond acceptors (Lipinski definition) is 5. The van der Waals surface area contributed by atoms with E-state index in [0.717, 1.165) is 12.8 Å². The molecule has 1 heterocycles. The second kappa shape index (κ2) is 9.26. The van der Waals surface area contributed by atoms with Gasteiger partial charge < -0.3 is 10.1 Å². The Bertz CT molecular complexity index is 840. The number of sulfonamides is 1. The van der Waals surface area contributed by atoms with Crippen molar-refractivity contribution in [3.8, 4) is 0 Å². The van der Waals surface area contributed by atoms with Gasteiger partial charge in [0, 0.05) is 18.6 Å². The lowest BCUT2D eigenvalue weighted by Gasteiger charge is -2.34. The average Bonchev–Trinajstić information content (AvgIpc) is 2.65. The number of nitrogens with one attached hydrogen (secondary N) is 1. The third-order valence-electron chi connectivity index (χ3n) is 5.24. The SMILES string of the molecule is CCC(C)(C)NC(=O)COC(=O)c1cccc(S(=O)(=O)N2CC(C)CC(C)C2)c1. The monoisotopic (exact) mass is 424 g/mol. The van der Waals surface area contributed by atoms with Crippen molar-refractivity contribution in [2.45, 2.75) is 57.9 Å². The summed E-state index contributed by atoms with van der Waals surface area (Å²) >= 11 is 0. The van der Waals surface area contributed by atoms with E-state index >= 15 is 0 Å². The standard InChI is InChI=1S/C21H32N2O5S/c1-6-21(4,5)22-19(24)14-28-20(25)17-8-7-9-18(11-17)29(26,27)23-12-15(2)10-16(3)13-23/h7-9,11,15-16H,6,10,12-14H2,1-5H3,(H,22,24). The number of esters is 1. The second-order valence-corrected chi connectivity index (χ2v) is 10.6. The molecule has 1 aliphatic heterocycles. The van der Waals surface area contributed by atoms with Crippen molar-refractivity contribution in [2.75, 3.05) is 19.7 Å². The van der Waals surface area contributed by atoms with Crippen LogP contribution < -0.4 is 5.32 Å². The largest absolute Gasteiger partial charge is 0.452 e.